The number of benzene rings is 4. The Morgan fingerprint density at radius 1 is 0.741 bits per heavy atom. The molecule has 3 saturated heterocycles. The highest BCUT2D eigenvalue weighted by molar-refractivity contribution is 6.23. The highest BCUT2D eigenvalue weighted by Crippen LogP contribution is 2.47. The van der Waals surface area contributed by atoms with Crippen LogP contribution in [0.4, 0.5) is 5.69 Å². The van der Waals surface area contributed by atoms with E-state index < -0.39 is 55.7 Å². The third kappa shape index (κ3) is 7.73. The third-order valence-corrected chi connectivity index (χ3v) is 12.2. The molecule has 0 aromatic heterocycles. The van der Waals surface area contributed by atoms with Crippen molar-refractivity contribution in [2.45, 2.75) is 56.4 Å². The van der Waals surface area contributed by atoms with Crippen molar-refractivity contribution in [3.05, 3.63) is 124 Å². The van der Waals surface area contributed by atoms with E-state index >= 15 is 0 Å². The number of ether oxygens (including phenoxy) is 1. The molecule has 58 heavy (non-hydrogen) atoms. The zero-order chi connectivity index (χ0) is 46.9. The Hall–Kier alpha value is -5.52. The molecule has 1 aliphatic carbocycles. The monoisotopic (exact) mass is 789 g/mol. The number of amides is 4. The lowest BCUT2D eigenvalue weighted by Gasteiger charge is -2.39. The van der Waals surface area contributed by atoms with E-state index in [0.717, 1.165) is 42.4 Å². The summed E-state index contributed by atoms with van der Waals surface area (Å²) in [5.74, 6) is -2.01. The normalized spacial score (nSPS) is 28.7. The molecule has 9 rings (SSSR count). The van der Waals surface area contributed by atoms with Gasteiger partial charge in [0.05, 0.1) is 16.6 Å². The largest absolute Gasteiger partial charge is 0.508 e. The summed E-state index contributed by atoms with van der Waals surface area (Å²) in [5, 5.41) is 12.3. The second kappa shape index (κ2) is 16.4. The van der Waals surface area contributed by atoms with E-state index in [-0.39, 0.29) is 59.7 Å². The predicted molar refractivity (Wildman–Crippen MR) is 220 cm³/mol. The lowest BCUT2D eigenvalue weighted by Crippen LogP contribution is -2.54. The van der Waals surface area contributed by atoms with Gasteiger partial charge >= 0.3 is 0 Å². The third-order valence-electron chi connectivity index (χ3n) is 12.2. The van der Waals surface area contributed by atoms with Gasteiger partial charge in [0.1, 0.15) is 24.1 Å². The molecule has 0 saturated carbocycles. The van der Waals surface area contributed by atoms with Gasteiger partial charge in [-0.15, -0.1) is 0 Å². The molecular weight excluding hydrogens is 731 g/mol. The number of imide groups is 2. The lowest BCUT2D eigenvalue weighted by atomic mass is 9.69. The molecule has 0 spiro atoms. The van der Waals surface area contributed by atoms with Crippen molar-refractivity contribution in [3.63, 3.8) is 0 Å². The quantitative estimate of drug-likeness (QED) is 0.199. The average Bonchev–Trinajstić information content (AvgIpc) is 3.53. The summed E-state index contributed by atoms with van der Waals surface area (Å²) in [6.07, 6.45) is 2.71. The van der Waals surface area contributed by atoms with Crippen LogP contribution in [0.5, 0.6) is 11.5 Å². The van der Waals surface area contributed by atoms with E-state index in [9.17, 15) is 24.3 Å². The van der Waals surface area contributed by atoms with Crippen LogP contribution in [0.25, 0.3) is 0 Å². The predicted octanol–water partition coefficient (Wildman–Crippen LogP) is 5.57. The number of aryl methyl sites for hydroxylation is 1. The minimum absolute atomic E-state index is 0.0956. The minimum atomic E-state index is -3.20. The summed E-state index contributed by atoms with van der Waals surface area (Å²) < 4.78 is 78.6. The van der Waals surface area contributed by atoms with E-state index in [1.54, 1.807) is 6.07 Å². The van der Waals surface area contributed by atoms with Crippen molar-refractivity contribution in [2.75, 3.05) is 63.7 Å². The number of hydrogen-bond donors (Lipinski definition) is 2. The number of piperazine rings is 1. The summed E-state index contributed by atoms with van der Waals surface area (Å²) in [7, 11) is 0. The smallest absolute Gasteiger partial charge is 0.262 e. The van der Waals surface area contributed by atoms with Gasteiger partial charge in [-0.1, -0.05) is 48.5 Å². The second-order valence-corrected chi connectivity index (χ2v) is 15.7. The second-order valence-electron chi connectivity index (χ2n) is 15.7. The molecule has 1 unspecified atom stereocenters. The standard InChI is InChI=1S/C47H51N5O6/c53-36-10-15-39-34(28-36)8-13-38(32-4-2-1-3-5-32)44(39)33-6-11-37(12-7-33)58-27-26-49-20-18-31(19-21-49)30-50-22-24-51(25-23-50)35-9-14-40-41(29-35)47(57)52(46(40)56)42-16-17-43(54)48-45(42)55/h1-7,9-12,14-15,28-29,31,38,42,44,53H,8,13,16-27,30H2,(H,48,54,55)/t38-,42?,44+/m1/s1/i22D2,23D2,24D2,25D2. The van der Waals surface area contributed by atoms with E-state index in [1.807, 2.05) is 30.3 Å². The molecule has 11 nitrogen and oxygen atoms in total. The van der Waals surface area contributed by atoms with E-state index in [1.165, 1.54) is 16.7 Å². The lowest BCUT2D eigenvalue weighted by molar-refractivity contribution is -0.136. The van der Waals surface area contributed by atoms with Crippen LogP contribution < -0.4 is 15.0 Å². The van der Waals surface area contributed by atoms with Crippen molar-refractivity contribution in [3.8, 4) is 11.5 Å². The molecule has 4 heterocycles. The van der Waals surface area contributed by atoms with Crippen LogP contribution in [0.15, 0.2) is 91.0 Å². The fourth-order valence-corrected chi connectivity index (χ4v) is 9.09. The maximum atomic E-state index is 13.6. The Morgan fingerprint density at radius 3 is 2.26 bits per heavy atom. The summed E-state index contributed by atoms with van der Waals surface area (Å²) in [6, 6.07) is 26.4. The van der Waals surface area contributed by atoms with Crippen molar-refractivity contribution in [2.24, 2.45) is 5.92 Å². The Morgan fingerprint density at radius 2 is 1.50 bits per heavy atom. The number of nitrogens with one attached hydrogen (secondary N) is 1. The van der Waals surface area contributed by atoms with E-state index in [4.69, 9.17) is 15.7 Å². The number of fused-ring (bicyclic) bond motifs is 2. The summed E-state index contributed by atoms with van der Waals surface area (Å²) >= 11 is 0. The van der Waals surface area contributed by atoms with Gasteiger partial charge in [-0.05, 0) is 122 Å². The number of phenols is 1. The van der Waals surface area contributed by atoms with Crippen LogP contribution in [0, 0.1) is 5.92 Å². The topological polar surface area (TPSA) is 123 Å². The van der Waals surface area contributed by atoms with Crippen LogP contribution in [-0.4, -0.2) is 108 Å². The van der Waals surface area contributed by atoms with Crippen molar-refractivity contribution >= 4 is 29.3 Å². The van der Waals surface area contributed by atoms with Crippen LogP contribution in [0.2, 0.25) is 0 Å². The number of likely N-dealkylation sites (tertiary alicyclic amines) is 1. The highest BCUT2D eigenvalue weighted by Gasteiger charge is 2.45. The number of hydrogen-bond acceptors (Lipinski definition) is 9. The number of nitrogens with zero attached hydrogens (tertiary/aromatic N) is 4. The number of phenolic OH excluding ortho intramolecular Hbond substituents is 1. The molecule has 3 atom stereocenters. The Balaban J connectivity index is 0.826. The molecule has 2 N–H and O–H groups in total. The highest BCUT2D eigenvalue weighted by atomic mass is 16.5. The molecule has 4 aromatic carbocycles. The van der Waals surface area contributed by atoms with Crippen molar-refractivity contribution in [1.29, 1.82) is 0 Å². The fraction of sp³-hybridized carbons (Fsp3) is 0.404. The Bertz CT molecular complexity index is 2530. The Labute approximate surface area is 350 Å². The SMILES string of the molecule is [2H]C1([2H])N(CC2CCN(CCOc3ccc([C@@H]4c5ccc(O)cc5CC[C@@H]4c4ccccc4)cc3)CC2)C([2H])([2H])C([2H])([2H])N(c2ccc3c(c2)C(=O)N(C2CCC(=O)NC2=O)C3=O)C1([2H])[2H]. The van der Waals surface area contributed by atoms with E-state index in [2.05, 4.69) is 46.6 Å². The van der Waals surface area contributed by atoms with Crippen LogP contribution >= 0.6 is 0 Å². The van der Waals surface area contributed by atoms with Gasteiger partial charge in [-0.2, -0.15) is 0 Å². The number of rotatable bonds is 10. The molecule has 4 amide bonds. The molecule has 5 aliphatic rings. The van der Waals surface area contributed by atoms with Gasteiger partial charge in [0, 0.05) is 62.6 Å². The first kappa shape index (κ1) is 29.7. The first-order valence-corrected chi connectivity index (χ1v) is 20.1. The van der Waals surface area contributed by atoms with Gasteiger partial charge in [0.15, 0.2) is 0 Å². The average molecular weight is 790 g/mol. The molecule has 4 aliphatic heterocycles. The summed E-state index contributed by atoms with van der Waals surface area (Å²) in [5.41, 5.74) is 4.02. The zero-order valence-corrected chi connectivity index (χ0v) is 32.0. The van der Waals surface area contributed by atoms with Crippen molar-refractivity contribution < 1.29 is 40.0 Å². The molecule has 0 radical (unpaired) electrons. The number of piperidine rings is 2. The Kier molecular flexibility index (Phi) is 8.38. The van der Waals surface area contributed by atoms with Gasteiger partial charge in [0.25, 0.3) is 11.8 Å². The van der Waals surface area contributed by atoms with Gasteiger partial charge in [0.2, 0.25) is 11.8 Å². The minimum Gasteiger partial charge on any atom is -0.508 e. The first-order valence-electron chi connectivity index (χ1n) is 24.1. The maximum absolute atomic E-state index is 13.6. The van der Waals surface area contributed by atoms with Crippen LogP contribution in [0.1, 0.15) is 97.9 Å². The molecule has 3 fully saturated rings. The maximum Gasteiger partial charge on any atom is 0.262 e. The van der Waals surface area contributed by atoms with Gasteiger partial charge < -0.3 is 14.7 Å². The molecule has 300 valence electrons. The van der Waals surface area contributed by atoms with Crippen LogP contribution in [0.3, 0.4) is 0 Å². The number of carbonyl (C=O) groups is 4. The van der Waals surface area contributed by atoms with E-state index in [0.29, 0.717) is 53.8 Å². The number of aromatic hydroxyl groups is 1. The molecule has 0 bridgehead atoms. The van der Waals surface area contributed by atoms with Crippen molar-refractivity contribution in [1.82, 2.24) is 20.0 Å². The van der Waals surface area contributed by atoms with Gasteiger partial charge in [-0.25, -0.2) is 0 Å². The zero-order valence-electron chi connectivity index (χ0n) is 40.0. The fourth-order valence-electron chi connectivity index (χ4n) is 9.09. The first-order chi connectivity index (χ1) is 31.3. The molecule has 4 aromatic rings. The summed E-state index contributed by atoms with van der Waals surface area (Å²) in [4.78, 5) is 55.1. The molecule has 11 heteroatoms. The molecular formula is C47H51N5O6. The number of carbonyl (C=O) groups excluding carboxylic acids is 4. The number of anilines is 1. The summed E-state index contributed by atoms with van der Waals surface area (Å²) in [6.45, 7) is -10.6. The van der Waals surface area contributed by atoms with Gasteiger partial charge in [-0.3, -0.25) is 39.2 Å². The van der Waals surface area contributed by atoms with Crippen LogP contribution in [-0.2, 0) is 16.0 Å².